The van der Waals surface area contributed by atoms with Crippen LogP contribution >= 0.6 is 11.3 Å². The minimum Gasteiger partial charge on any atom is -0.490 e. The molecule has 0 fully saturated rings. The summed E-state index contributed by atoms with van der Waals surface area (Å²) >= 11 is 1.60. The molecule has 0 amide bonds. The number of aliphatic hydroxyl groups is 1. The van der Waals surface area contributed by atoms with Gasteiger partial charge < -0.3 is 15.2 Å². The highest BCUT2D eigenvalue weighted by molar-refractivity contribution is 7.17. The van der Waals surface area contributed by atoms with Crippen molar-refractivity contribution < 1.29 is 9.84 Å². The van der Waals surface area contributed by atoms with Crippen molar-refractivity contribution in [2.75, 3.05) is 13.2 Å². The summed E-state index contributed by atoms with van der Waals surface area (Å²) in [6.07, 6.45) is 2.13. The molecule has 1 heterocycles. The van der Waals surface area contributed by atoms with Crippen molar-refractivity contribution in [2.24, 2.45) is 0 Å². The zero-order chi connectivity index (χ0) is 21.8. The number of aliphatic hydroxyl groups excluding tert-OH is 1. The summed E-state index contributed by atoms with van der Waals surface area (Å²) in [6, 6.07) is 12.7. The van der Waals surface area contributed by atoms with E-state index < -0.39 is 0 Å². The van der Waals surface area contributed by atoms with Gasteiger partial charge in [0.15, 0.2) is 0 Å². The predicted octanol–water partition coefficient (Wildman–Crippen LogP) is 4.60. The molecule has 1 aromatic heterocycles. The van der Waals surface area contributed by atoms with Crippen LogP contribution < -0.4 is 10.1 Å². The van der Waals surface area contributed by atoms with Crippen LogP contribution in [0.1, 0.15) is 49.9 Å². The van der Waals surface area contributed by atoms with Crippen LogP contribution in [0.3, 0.4) is 0 Å². The van der Waals surface area contributed by atoms with Gasteiger partial charge in [0.25, 0.3) is 0 Å². The van der Waals surface area contributed by atoms with E-state index in [9.17, 15) is 0 Å². The van der Waals surface area contributed by atoms with Gasteiger partial charge >= 0.3 is 0 Å². The fourth-order valence-corrected chi connectivity index (χ4v) is 4.90. The molecule has 0 radical (unpaired) electrons. The number of nitrogens with one attached hydrogen (secondary N) is 1. The molecule has 5 nitrogen and oxygen atoms in total. The second-order valence-corrected chi connectivity index (χ2v) is 8.78. The molecule has 0 bridgehead atoms. The molecule has 0 aliphatic heterocycles. The van der Waals surface area contributed by atoms with Crippen molar-refractivity contribution in [3.8, 4) is 38.7 Å². The van der Waals surface area contributed by atoms with Crippen LogP contribution in [0.2, 0.25) is 0 Å². The Morgan fingerprint density at radius 3 is 2.84 bits per heavy atom. The van der Waals surface area contributed by atoms with E-state index in [1.807, 2.05) is 39.0 Å². The third-order valence-electron chi connectivity index (χ3n) is 5.28. The van der Waals surface area contributed by atoms with Crippen LogP contribution in [0.4, 0.5) is 0 Å². The molecule has 0 saturated carbocycles. The first kappa shape index (κ1) is 21.5. The number of hydrogen-bond acceptors (Lipinski definition) is 6. The summed E-state index contributed by atoms with van der Waals surface area (Å²) in [5.74, 6) is 6.90. The van der Waals surface area contributed by atoms with Gasteiger partial charge in [-0.3, -0.25) is 0 Å². The third-order valence-corrected chi connectivity index (χ3v) is 6.28. The molecule has 0 spiro atoms. The molecule has 4 rings (SSSR count). The van der Waals surface area contributed by atoms with Crippen LogP contribution in [0, 0.1) is 11.8 Å². The van der Waals surface area contributed by atoms with Gasteiger partial charge in [-0.25, -0.2) is 0 Å². The fraction of sp³-hybridized carbons (Fsp3) is 0.360. The van der Waals surface area contributed by atoms with Gasteiger partial charge in [-0.2, -0.15) is 0 Å². The van der Waals surface area contributed by atoms with Crippen LogP contribution in [0.25, 0.3) is 21.1 Å². The second-order valence-electron chi connectivity index (χ2n) is 7.81. The number of benzene rings is 2. The average Bonchev–Trinajstić information content (AvgIpc) is 3.41. The highest BCUT2D eigenvalue weighted by Gasteiger charge is 2.25. The Hall–Kier alpha value is -2.72. The van der Waals surface area contributed by atoms with Crippen molar-refractivity contribution in [1.29, 1.82) is 0 Å². The van der Waals surface area contributed by atoms with E-state index in [4.69, 9.17) is 9.84 Å². The van der Waals surface area contributed by atoms with Crippen molar-refractivity contribution >= 4 is 11.3 Å². The first-order valence-corrected chi connectivity index (χ1v) is 11.5. The summed E-state index contributed by atoms with van der Waals surface area (Å²) in [7, 11) is 0. The van der Waals surface area contributed by atoms with E-state index in [0.717, 1.165) is 45.3 Å². The van der Waals surface area contributed by atoms with E-state index in [-0.39, 0.29) is 18.8 Å². The molecule has 160 valence electrons. The Morgan fingerprint density at radius 2 is 2.06 bits per heavy atom. The van der Waals surface area contributed by atoms with Crippen molar-refractivity contribution in [1.82, 2.24) is 15.5 Å². The smallest absolute Gasteiger partial charge is 0.148 e. The van der Waals surface area contributed by atoms with E-state index in [2.05, 4.69) is 45.6 Å². The zero-order valence-corrected chi connectivity index (χ0v) is 18.9. The van der Waals surface area contributed by atoms with Gasteiger partial charge in [0, 0.05) is 23.7 Å². The molecular weight excluding hydrogens is 406 g/mol. The molecule has 1 atom stereocenters. The van der Waals surface area contributed by atoms with Crippen molar-refractivity contribution in [3.63, 3.8) is 0 Å². The number of hydrogen-bond donors (Lipinski definition) is 2. The fourth-order valence-electron chi connectivity index (χ4n) is 4.01. The number of aromatic nitrogens is 2. The van der Waals surface area contributed by atoms with Gasteiger partial charge in [-0.1, -0.05) is 35.5 Å². The lowest BCUT2D eigenvalue weighted by Crippen LogP contribution is -2.22. The van der Waals surface area contributed by atoms with E-state index in [0.29, 0.717) is 6.54 Å². The molecule has 2 aromatic carbocycles. The zero-order valence-electron chi connectivity index (χ0n) is 18.1. The molecule has 1 aliphatic rings. The summed E-state index contributed by atoms with van der Waals surface area (Å²) in [4.78, 5) is 0. The normalized spacial score (nSPS) is 14.9. The number of nitrogens with zero attached hydrogens (tertiary/aromatic N) is 2. The molecule has 31 heavy (non-hydrogen) atoms. The second kappa shape index (κ2) is 9.61. The van der Waals surface area contributed by atoms with Crippen LogP contribution in [-0.4, -0.2) is 34.6 Å². The Balaban J connectivity index is 1.65. The number of fused-ring (bicyclic) bond motifs is 1. The Kier molecular flexibility index (Phi) is 6.67. The van der Waals surface area contributed by atoms with Gasteiger partial charge in [-0.05, 0) is 62.9 Å². The standard InChI is InChI=1S/C25H27N3O2S/c1-4-6-17-15-18(9-12-23(17)30-16(2)3)24-27-28-25(31-24)21-8-5-7-20-19(21)10-11-22(20)26-13-14-29/h5,7-9,12,15-16,22,26,29H,10-11,13-14H2,1-3H3. The van der Waals surface area contributed by atoms with Crippen LogP contribution in [-0.2, 0) is 6.42 Å². The lowest BCUT2D eigenvalue weighted by molar-refractivity contribution is 0.242. The predicted molar refractivity (Wildman–Crippen MR) is 125 cm³/mol. The lowest BCUT2D eigenvalue weighted by Gasteiger charge is -2.13. The van der Waals surface area contributed by atoms with Crippen molar-refractivity contribution in [3.05, 3.63) is 53.1 Å². The van der Waals surface area contributed by atoms with Gasteiger partial charge in [0.2, 0.25) is 0 Å². The molecule has 3 aromatic rings. The first-order valence-electron chi connectivity index (χ1n) is 10.6. The molecule has 1 unspecified atom stereocenters. The quantitative estimate of drug-likeness (QED) is 0.533. The van der Waals surface area contributed by atoms with Crippen molar-refractivity contribution in [2.45, 2.75) is 45.8 Å². The molecule has 1 aliphatic carbocycles. The van der Waals surface area contributed by atoms with Gasteiger partial charge in [0.1, 0.15) is 15.8 Å². The Bertz CT molecular complexity index is 1130. The monoisotopic (exact) mass is 433 g/mol. The Morgan fingerprint density at radius 1 is 1.23 bits per heavy atom. The first-order chi connectivity index (χ1) is 15.1. The maximum absolute atomic E-state index is 9.14. The molecule has 2 N–H and O–H groups in total. The largest absolute Gasteiger partial charge is 0.490 e. The van der Waals surface area contributed by atoms with Crippen LogP contribution in [0.5, 0.6) is 5.75 Å². The van der Waals surface area contributed by atoms with Crippen LogP contribution in [0.15, 0.2) is 36.4 Å². The topological polar surface area (TPSA) is 67.3 Å². The summed E-state index contributed by atoms with van der Waals surface area (Å²) in [5, 5.41) is 23.4. The lowest BCUT2D eigenvalue weighted by atomic mass is 10.0. The summed E-state index contributed by atoms with van der Waals surface area (Å²) in [5.41, 5.74) is 5.65. The number of rotatable bonds is 7. The van der Waals surface area contributed by atoms with E-state index in [1.54, 1.807) is 11.3 Å². The Labute approximate surface area is 187 Å². The minimum absolute atomic E-state index is 0.0901. The van der Waals surface area contributed by atoms with Gasteiger partial charge in [-0.15, -0.1) is 16.1 Å². The molecule has 0 saturated heterocycles. The SMILES string of the molecule is CC#Cc1cc(-c2nnc(-c3cccc4c3CCC4NCCO)s2)ccc1OC(C)C. The highest BCUT2D eigenvalue weighted by Crippen LogP contribution is 2.40. The van der Waals surface area contributed by atoms with E-state index in [1.165, 1.54) is 11.1 Å². The summed E-state index contributed by atoms with van der Waals surface area (Å²) < 4.78 is 5.89. The number of ether oxygens (including phenoxy) is 1. The minimum atomic E-state index is 0.0901. The maximum Gasteiger partial charge on any atom is 0.148 e. The molecule has 6 heteroatoms. The summed E-state index contributed by atoms with van der Waals surface area (Å²) in [6.45, 7) is 6.60. The average molecular weight is 434 g/mol. The molecular formula is C25H27N3O2S. The third kappa shape index (κ3) is 4.64. The van der Waals surface area contributed by atoms with Gasteiger partial charge in [0.05, 0.1) is 18.3 Å². The van der Waals surface area contributed by atoms with E-state index >= 15 is 0 Å². The maximum atomic E-state index is 9.14. The highest BCUT2D eigenvalue weighted by atomic mass is 32.1.